The first-order valence-electron chi connectivity index (χ1n) is 7.75. The SMILES string of the molecule is Cc1sc(-c2ccc(C(=O)O)cc2)c[c]1[Na].FC1=C(F)C(F)(F)C(F)(F)C1(F)F. The fraction of sp³-hybridized carbons (Fsp3) is 0.235. The average molecular weight is 452 g/mol. The molecule has 0 fully saturated rings. The second-order valence-corrected chi connectivity index (χ2v) is 8.42. The summed E-state index contributed by atoms with van der Waals surface area (Å²) < 4.78 is 97.0. The van der Waals surface area contributed by atoms with Crippen molar-refractivity contribution in [1.82, 2.24) is 0 Å². The van der Waals surface area contributed by atoms with Crippen LogP contribution in [0.4, 0.5) is 35.1 Å². The third kappa shape index (κ3) is 4.10. The first-order chi connectivity index (χ1) is 13.1. The summed E-state index contributed by atoms with van der Waals surface area (Å²) in [6.07, 6.45) is 0. The molecule has 0 saturated heterocycles. The van der Waals surface area contributed by atoms with Crippen molar-refractivity contribution >= 4 is 48.0 Å². The van der Waals surface area contributed by atoms with Crippen LogP contribution in [0.3, 0.4) is 0 Å². The number of rotatable bonds is 2. The Kier molecular flexibility index (Phi) is 6.59. The van der Waals surface area contributed by atoms with E-state index >= 15 is 0 Å². The molecule has 2 nitrogen and oxygen atoms in total. The molecule has 3 rings (SSSR count). The van der Waals surface area contributed by atoms with Gasteiger partial charge in [-0.2, -0.15) is 26.3 Å². The molecule has 0 radical (unpaired) electrons. The normalized spacial score (nSPS) is 19.0. The molecule has 1 N–H and O–H groups in total. The number of thiophene rings is 1. The fourth-order valence-corrected chi connectivity index (χ4v) is 4.08. The maximum atomic E-state index is 12.0. The molecule has 1 aliphatic carbocycles. The van der Waals surface area contributed by atoms with Gasteiger partial charge in [-0.1, -0.05) is 0 Å². The molecule has 0 unspecified atom stereocenters. The molecule has 29 heavy (non-hydrogen) atoms. The van der Waals surface area contributed by atoms with Gasteiger partial charge in [-0.3, -0.25) is 0 Å². The topological polar surface area (TPSA) is 37.3 Å². The van der Waals surface area contributed by atoms with E-state index in [0.29, 0.717) is 5.56 Å². The van der Waals surface area contributed by atoms with Crippen LogP contribution in [0.1, 0.15) is 15.2 Å². The van der Waals surface area contributed by atoms with E-state index in [4.69, 9.17) is 5.11 Å². The van der Waals surface area contributed by atoms with Gasteiger partial charge in [0.05, 0.1) is 0 Å². The van der Waals surface area contributed by atoms with E-state index in [1.54, 1.807) is 23.5 Å². The number of carboxylic acid groups (broad SMARTS) is 1. The number of hydrogen-bond acceptors (Lipinski definition) is 2. The second-order valence-electron chi connectivity index (χ2n) is 6.08. The summed E-state index contributed by atoms with van der Waals surface area (Å²) in [4.78, 5) is 13.3. The molecule has 1 aromatic heterocycles. The Bertz CT molecular complexity index is 921. The van der Waals surface area contributed by atoms with Crippen LogP contribution in [0, 0.1) is 6.92 Å². The molecule has 0 bridgehead atoms. The molecule has 1 aromatic carbocycles. The number of alkyl halides is 6. The Balaban J connectivity index is 0.000000212. The Morgan fingerprint density at radius 3 is 1.69 bits per heavy atom. The third-order valence-electron chi connectivity index (χ3n) is 4.12. The number of halogens is 8. The van der Waals surface area contributed by atoms with Gasteiger partial charge in [0.1, 0.15) is 0 Å². The van der Waals surface area contributed by atoms with Crippen LogP contribution >= 0.6 is 11.3 Å². The number of hydrogen-bond donors (Lipinski definition) is 1. The van der Waals surface area contributed by atoms with E-state index in [-0.39, 0.29) is 0 Å². The number of allylic oxidation sites excluding steroid dienone is 2. The van der Waals surface area contributed by atoms with Gasteiger partial charge in [0.15, 0.2) is 0 Å². The van der Waals surface area contributed by atoms with Crippen molar-refractivity contribution in [3.63, 3.8) is 0 Å². The fourth-order valence-electron chi connectivity index (χ4n) is 2.24. The maximum absolute atomic E-state index is 12.0. The summed E-state index contributed by atoms with van der Waals surface area (Å²) >= 11 is 2.83. The van der Waals surface area contributed by atoms with Crippen LogP contribution in [-0.2, 0) is 0 Å². The average Bonchev–Trinajstić information content (AvgIpc) is 3.02. The molecule has 1 aliphatic rings. The zero-order valence-electron chi connectivity index (χ0n) is 14.7. The molecule has 0 saturated carbocycles. The van der Waals surface area contributed by atoms with Crippen LogP contribution in [0.25, 0.3) is 10.4 Å². The monoisotopic (exact) mass is 452 g/mol. The summed E-state index contributed by atoms with van der Waals surface area (Å²) in [6, 6.07) is 9.24. The van der Waals surface area contributed by atoms with Gasteiger partial charge >= 0.3 is 134 Å². The minimum Gasteiger partial charge on any atom is -0.202 e. The Labute approximate surface area is 180 Å². The number of carbonyl (C=O) groups is 1. The summed E-state index contributed by atoms with van der Waals surface area (Å²) in [5, 5.41) is 8.80. The van der Waals surface area contributed by atoms with Gasteiger partial charge < -0.3 is 0 Å². The maximum Gasteiger partial charge on any atom is 0.385 e. The molecule has 0 amide bonds. The van der Waals surface area contributed by atoms with Gasteiger partial charge in [0.2, 0.25) is 11.7 Å². The first-order valence-corrected chi connectivity index (χ1v) is 9.56. The van der Waals surface area contributed by atoms with E-state index in [1.165, 1.54) is 12.6 Å². The van der Waals surface area contributed by atoms with Gasteiger partial charge in [-0.15, -0.1) is 0 Å². The van der Waals surface area contributed by atoms with Crippen LogP contribution in [0.15, 0.2) is 42.0 Å². The number of carboxylic acids is 1. The minimum absolute atomic E-state index is 0.336. The molecule has 2 aromatic rings. The van der Waals surface area contributed by atoms with Crippen molar-refractivity contribution in [1.29, 1.82) is 0 Å². The van der Waals surface area contributed by atoms with Crippen molar-refractivity contribution in [2.45, 2.75) is 24.7 Å². The number of aromatic carboxylic acids is 1. The molecule has 1 heterocycles. The van der Waals surface area contributed by atoms with E-state index in [2.05, 4.69) is 13.0 Å². The Morgan fingerprint density at radius 2 is 1.41 bits per heavy atom. The van der Waals surface area contributed by atoms with Crippen molar-refractivity contribution in [3.8, 4) is 10.4 Å². The molecular formula is C17H9F8NaO2S. The zero-order chi connectivity index (χ0) is 22.4. The van der Waals surface area contributed by atoms with Crippen molar-refractivity contribution < 1.29 is 45.0 Å². The number of benzene rings is 1. The number of aryl methyl sites for hydroxylation is 1. The molecule has 152 valence electrons. The summed E-state index contributed by atoms with van der Waals surface area (Å²) in [7, 11) is 0. The summed E-state index contributed by atoms with van der Waals surface area (Å²) in [5.74, 6) is -25.3. The van der Waals surface area contributed by atoms with Crippen molar-refractivity contribution in [3.05, 3.63) is 52.4 Å². The third-order valence-corrected chi connectivity index (χ3v) is 6.72. The van der Waals surface area contributed by atoms with E-state index < -0.39 is 35.4 Å². The van der Waals surface area contributed by atoms with Crippen molar-refractivity contribution in [2.24, 2.45) is 0 Å². The predicted octanol–water partition coefficient (Wildman–Crippen LogP) is 5.27. The second kappa shape index (κ2) is 8.01. The molecule has 12 heteroatoms. The van der Waals surface area contributed by atoms with E-state index in [1.807, 2.05) is 12.1 Å². The van der Waals surface area contributed by atoms with E-state index in [0.717, 1.165) is 33.5 Å². The van der Waals surface area contributed by atoms with Crippen LogP contribution in [0.5, 0.6) is 0 Å². The van der Waals surface area contributed by atoms with Crippen LogP contribution < -0.4 is 2.81 Å². The smallest absolute Gasteiger partial charge is 0.202 e. The Hall–Kier alpha value is -1.43. The molecule has 0 atom stereocenters. The first kappa shape index (κ1) is 23.8. The van der Waals surface area contributed by atoms with Crippen molar-refractivity contribution in [2.75, 3.05) is 0 Å². The Morgan fingerprint density at radius 1 is 0.966 bits per heavy atom. The van der Waals surface area contributed by atoms with Gasteiger partial charge in [0, 0.05) is 0 Å². The van der Waals surface area contributed by atoms with Gasteiger partial charge in [-0.25, -0.2) is 8.78 Å². The minimum atomic E-state index is -6.06. The van der Waals surface area contributed by atoms with Gasteiger partial charge in [0.25, 0.3) is 0 Å². The predicted molar refractivity (Wildman–Crippen MR) is 90.9 cm³/mol. The van der Waals surface area contributed by atoms with Crippen LogP contribution in [0.2, 0.25) is 0 Å². The van der Waals surface area contributed by atoms with Crippen LogP contribution in [-0.4, -0.2) is 56.8 Å². The molecular weight excluding hydrogens is 443 g/mol. The zero-order valence-corrected chi connectivity index (χ0v) is 17.5. The standard InChI is InChI=1S/C12H9O2S.C5F8.Na/c1-8-2-7-11(15-8)9-3-5-10(6-4-9)12(13)14;6-1-2(7)4(10,11)5(12,13)3(1,8)9;/h3-7H,1H3,(H,13,14);;. The van der Waals surface area contributed by atoms with Gasteiger partial charge in [-0.05, 0) is 0 Å². The van der Waals surface area contributed by atoms with E-state index in [9.17, 15) is 39.9 Å². The quantitative estimate of drug-likeness (QED) is 0.498. The largest absolute Gasteiger partial charge is 0.385 e. The summed E-state index contributed by atoms with van der Waals surface area (Å²) in [6.45, 7) is 2.13. The molecule has 0 aliphatic heterocycles. The molecule has 0 spiro atoms. The summed E-state index contributed by atoms with van der Waals surface area (Å²) in [5.41, 5.74) is 1.43.